The van der Waals surface area contributed by atoms with Gasteiger partial charge in [-0.25, -0.2) is 0 Å². The standard InChI is InChI=1S/C10H16N2O/c1-8-7-10(12-13-8)9-5-3-2-4-6-11-9/h7,9,11H,2-6H2,1H3. The van der Waals surface area contributed by atoms with Crippen molar-refractivity contribution in [2.75, 3.05) is 6.54 Å². The van der Waals surface area contributed by atoms with Gasteiger partial charge in [-0.1, -0.05) is 18.0 Å². The molecule has 0 aliphatic carbocycles. The molecule has 0 bridgehead atoms. The van der Waals surface area contributed by atoms with Crippen LogP contribution in [0.5, 0.6) is 0 Å². The number of aromatic nitrogens is 1. The average molecular weight is 180 g/mol. The van der Waals surface area contributed by atoms with Gasteiger partial charge in [0.15, 0.2) is 0 Å². The van der Waals surface area contributed by atoms with Gasteiger partial charge >= 0.3 is 0 Å². The molecule has 0 spiro atoms. The van der Waals surface area contributed by atoms with Gasteiger partial charge in [-0.2, -0.15) is 0 Å². The fourth-order valence-electron chi connectivity index (χ4n) is 1.83. The molecule has 1 aromatic heterocycles. The number of nitrogens with zero attached hydrogens (tertiary/aromatic N) is 1. The molecule has 1 aliphatic rings. The Bertz CT molecular complexity index is 262. The Morgan fingerprint density at radius 3 is 3.15 bits per heavy atom. The van der Waals surface area contributed by atoms with Crippen molar-refractivity contribution >= 4 is 0 Å². The van der Waals surface area contributed by atoms with E-state index in [0.29, 0.717) is 6.04 Å². The second-order valence-electron chi connectivity index (χ2n) is 3.72. The Kier molecular flexibility index (Phi) is 2.64. The largest absolute Gasteiger partial charge is 0.361 e. The van der Waals surface area contributed by atoms with Gasteiger partial charge in [-0.05, 0) is 26.3 Å². The molecule has 2 heterocycles. The Hall–Kier alpha value is -0.830. The van der Waals surface area contributed by atoms with Crippen LogP contribution in [-0.4, -0.2) is 11.7 Å². The van der Waals surface area contributed by atoms with Gasteiger partial charge in [0.25, 0.3) is 0 Å². The maximum atomic E-state index is 5.07. The van der Waals surface area contributed by atoms with Crippen LogP contribution in [0.2, 0.25) is 0 Å². The highest BCUT2D eigenvalue weighted by Gasteiger charge is 2.16. The average Bonchev–Trinajstić information content (AvgIpc) is 2.43. The molecule has 3 nitrogen and oxygen atoms in total. The normalized spacial score (nSPS) is 24.2. The zero-order valence-electron chi connectivity index (χ0n) is 8.05. The van der Waals surface area contributed by atoms with Gasteiger partial charge in [-0.3, -0.25) is 0 Å². The second kappa shape index (κ2) is 3.92. The summed E-state index contributed by atoms with van der Waals surface area (Å²) >= 11 is 0. The van der Waals surface area contributed by atoms with E-state index in [1.54, 1.807) is 0 Å². The summed E-state index contributed by atoms with van der Waals surface area (Å²) in [5.74, 6) is 0.904. The minimum absolute atomic E-state index is 0.417. The first kappa shape index (κ1) is 8.75. The monoisotopic (exact) mass is 180 g/mol. The Balaban J connectivity index is 2.06. The van der Waals surface area contributed by atoms with Gasteiger partial charge in [0.2, 0.25) is 0 Å². The summed E-state index contributed by atoms with van der Waals surface area (Å²) in [5, 5.41) is 7.53. The van der Waals surface area contributed by atoms with Gasteiger partial charge in [-0.15, -0.1) is 0 Å². The highest BCUT2D eigenvalue weighted by molar-refractivity contribution is 5.08. The third-order valence-corrected chi connectivity index (χ3v) is 2.56. The van der Waals surface area contributed by atoms with Gasteiger partial charge in [0, 0.05) is 6.07 Å². The SMILES string of the molecule is Cc1cc(C2CCCCCN2)no1. The Labute approximate surface area is 78.5 Å². The fraction of sp³-hybridized carbons (Fsp3) is 0.700. The van der Waals surface area contributed by atoms with E-state index in [1.807, 2.05) is 13.0 Å². The molecule has 2 rings (SSSR count). The van der Waals surface area contributed by atoms with E-state index in [4.69, 9.17) is 4.52 Å². The predicted molar refractivity (Wildman–Crippen MR) is 50.5 cm³/mol. The maximum Gasteiger partial charge on any atom is 0.133 e. The van der Waals surface area contributed by atoms with E-state index in [9.17, 15) is 0 Å². The molecule has 1 aliphatic heterocycles. The number of nitrogens with one attached hydrogen (secondary N) is 1. The number of hydrogen-bond acceptors (Lipinski definition) is 3. The molecule has 1 fully saturated rings. The van der Waals surface area contributed by atoms with E-state index in [1.165, 1.54) is 25.7 Å². The molecular weight excluding hydrogens is 164 g/mol. The molecule has 3 heteroatoms. The van der Waals surface area contributed by atoms with Crippen molar-refractivity contribution in [3.63, 3.8) is 0 Å². The first-order valence-electron chi connectivity index (χ1n) is 5.03. The van der Waals surface area contributed by atoms with Gasteiger partial charge in [0.1, 0.15) is 11.5 Å². The van der Waals surface area contributed by atoms with Crippen LogP contribution in [0.15, 0.2) is 10.6 Å². The van der Waals surface area contributed by atoms with E-state index in [-0.39, 0.29) is 0 Å². The van der Waals surface area contributed by atoms with Crippen LogP contribution < -0.4 is 5.32 Å². The molecule has 0 amide bonds. The van der Waals surface area contributed by atoms with Crippen molar-refractivity contribution < 1.29 is 4.52 Å². The first-order valence-corrected chi connectivity index (χ1v) is 5.03. The lowest BCUT2D eigenvalue weighted by atomic mass is 10.1. The number of hydrogen-bond donors (Lipinski definition) is 1. The van der Waals surface area contributed by atoms with Crippen molar-refractivity contribution in [2.24, 2.45) is 0 Å². The summed E-state index contributed by atoms with van der Waals surface area (Å²) in [7, 11) is 0. The minimum atomic E-state index is 0.417. The molecule has 1 aromatic rings. The lowest BCUT2D eigenvalue weighted by molar-refractivity contribution is 0.376. The van der Waals surface area contributed by atoms with E-state index in [0.717, 1.165) is 18.0 Å². The summed E-state index contributed by atoms with van der Waals surface area (Å²) in [5.41, 5.74) is 1.07. The number of rotatable bonds is 1. The topological polar surface area (TPSA) is 38.1 Å². The predicted octanol–water partition coefficient (Wildman–Crippen LogP) is 2.19. The van der Waals surface area contributed by atoms with Gasteiger partial charge in [0.05, 0.1) is 6.04 Å². The summed E-state index contributed by atoms with van der Waals surface area (Å²) in [4.78, 5) is 0. The Morgan fingerprint density at radius 2 is 2.38 bits per heavy atom. The molecule has 1 saturated heterocycles. The summed E-state index contributed by atoms with van der Waals surface area (Å²) in [6, 6.07) is 2.45. The molecule has 72 valence electrons. The van der Waals surface area contributed by atoms with E-state index in [2.05, 4.69) is 10.5 Å². The lowest BCUT2D eigenvalue weighted by Gasteiger charge is -2.11. The van der Waals surface area contributed by atoms with Crippen LogP contribution >= 0.6 is 0 Å². The van der Waals surface area contributed by atoms with Crippen LogP contribution in [0.1, 0.15) is 43.2 Å². The molecule has 13 heavy (non-hydrogen) atoms. The van der Waals surface area contributed by atoms with Crippen LogP contribution in [-0.2, 0) is 0 Å². The number of aryl methyl sites for hydroxylation is 1. The highest BCUT2D eigenvalue weighted by Crippen LogP contribution is 2.21. The van der Waals surface area contributed by atoms with Crippen molar-refractivity contribution in [3.8, 4) is 0 Å². The molecule has 0 radical (unpaired) electrons. The third-order valence-electron chi connectivity index (χ3n) is 2.56. The highest BCUT2D eigenvalue weighted by atomic mass is 16.5. The first-order chi connectivity index (χ1) is 6.36. The smallest absolute Gasteiger partial charge is 0.133 e. The molecule has 0 saturated carbocycles. The minimum Gasteiger partial charge on any atom is -0.361 e. The fourth-order valence-corrected chi connectivity index (χ4v) is 1.83. The quantitative estimate of drug-likeness (QED) is 0.720. The van der Waals surface area contributed by atoms with E-state index >= 15 is 0 Å². The van der Waals surface area contributed by atoms with Crippen LogP contribution in [0.25, 0.3) is 0 Å². The van der Waals surface area contributed by atoms with Gasteiger partial charge < -0.3 is 9.84 Å². The van der Waals surface area contributed by atoms with Crippen molar-refractivity contribution in [3.05, 3.63) is 17.5 Å². The van der Waals surface area contributed by atoms with Crippen LogP contribution in [0, 0.1) is 6.92 Å². The van der Waals surface area contributed by atoms with Crippen molar-refractivity contribution in [1.29, 1.82) is 0 Å². The Morgan fingerprint density at radius 1 is 1.46 bits per heavy atom. The van der Waals surface area contributed by atoms with Crippen LogP contribution in [0.3, 0.4) is 0 Å². The second-order valence-corrected chi connectivity index (χ2v) is 3.72. The summed E-state index contributed by atoms with van der Waals surface area (Å²) < 4.78 is 5.07. The van der Waals surface area contributed by atoms with Crippen molar-refractivity contribution in [1.82, 2.24) is 10.5 Å². The molecule has 1 N–H and O–H groups in total. The van der Waals surface area contributed by atoms with Crippen LogP contribution in [0.4, 0.5) is 0 Å². The summed E-state index contributed by atoms with van der Waals surface area (Å²) in [6.45, 7) is 3.05. The molecule has 1 atom stereocenters. The zero-order valence-corrected chi connectivity index (χ0v) is 8.05. The molecular formula is C10H16N2O. The van der Waals surface area contributed by atoms with E-state index < -0.39 is 0 Å². The third kappa shape index (κ3) is 2.10. The lowest BCUT2D eigenvalue weighted by Crippen LogP contribution is -2.20. The summed E-state index contributed by atoms with van der Waals surface area (Å²) in [6.07, 6.45) is 5.10. The zero-order chi connectivity index (χ0) is 9.10. The maximum absolute atomic E-state index is 5.07. The molecule has 1 unspecified atom stereocenters. The van der Waals surface area contributed by atoms with Crippen molar-refractivity contribution in [2.45, 2.75) is 38.6 Å². The molecule has 0 aromatic carbocycles.